The third-order valence-corrected chi connectivity index (χ3v) is 6.11. The van der Waals surface area contributed by atoms with Crippen LogP contribution in [0.5, 0.6) is 0 Å². The predicted octanol–water partition coefficient (Wildman–Crippen LogP) is 2.19. The van der Waals surface area contributed by atoms with Crippen molar-refractivity contribution >= 4 is 31.4 Å². The average molecular weight is 354 g/mol. The summed E-state index contributed by atoms with van der Waals surface area (Å²) < 4.78 is 51.3. The van der Waals surface area contributed by atoms with Crippen LogP contribution in [0.25, 0.3) is 0 Å². The Morgan fingerprint density at radius 3 is 2.00 bits per heavy atom. The lowest BCUT2D eigenvalue weighted by molar-refractivity contribution is 0.598. The number of benzene rings is 2. The molecule has 0 fully saturated rings. The first-order valence-electron chi connectivity index (χ1n) is 6.74. The molecule has 1 N–H and O–H groups in total. The summed E-state index contributed by atoms with van der Waals surface area (Å²) in [6.07, 6.45) is 1.10. The maximum absolute atomic E-state index is 12.4. The summed E-state index contributed by atoms with van der Waals surface area (Å²) in [5.41, 5.74) is 1.46. The molecule has 0 aliphatic rings. The van der Waals surface area contributed by atoms with Gasteiger partial charge in [-0.15, -0.1) is 0 Å². The second-order valence-corrected chi connectivity index (χ2v) is 8.81. The number of hydrogen-bond acceptors (Lipinski definition) is 4. The highest BCUT2D eigenvalue weighted by molar-refractivity contribution is 7.92. The molecular formula is C15H18N2O4S2. The van der Waals surface area contributed by atoms with Crippen LogP contribution in [0.2, 0.25) is 0 Å². The van der Waals surface area contributed by atoms with Gasteiger partial charge in [0.2, 0.25) is 10.0 Å². The van der Waals surface area contributed by atoms with E-state index in [1.807, 2.05) is 0 Å². The summed E-state index contributed by atoms with van der Waals surface area (Å²) in [4.78, 5) is 0.206. The lowest BCUT2D eigenvalue weighted by Crippen LogP contribution is -2.24. The molecule has 2 aromatic carbocycles. The molecule has 0 saturated heterocycles. The van der Waals surface area contributed by atoms with Crippen molar-refractivity contribution in [1.29, 1.82) is 0 Å². The Morgan fingerprint density at radius 1 is 0.913 bits per heavy atom. The number of nitrogens with one attached hydrogen (secondary N) is 1. The van der Waals surface area contributed by atoms with Gasteiger partial charge in [-0.2, -0.15) is 0 Å². The largest absolute Gasteiger partial charge is 0.280 e. The lowest BCUT2D eigenvalue weighted by atomic mass is 10.2. The van der Waals surface area contributed by atoms with Crippen molar-refractivity contribution in [2.45, 2.75) is 11.8 Å². The predicted molar refractivity (Wildman–Crippen MR) is 91.7 cm³/mol. The Morgan fingerprint density at radius 2 is 1.48 bits per heavy atom. The summed E-state index contributed by atoms with van der Waals surface area (Å²) in [7, 11) is -5.61. The second kappa shape index (κ2) is 6.21. The Balaban J connectivity index is 2.26. The van der Waals surface area contributed by atoms with Gasteiger partial charge < -0.3 is 0 Å². The minimum Gasteiger partial charge on any atom is -0.280 e. The molecule has 0 unspecified atom stereocenters. The van der Waals surface area contributed by atoms with Crippen LogP contribution in [0.4, 0.5) is 11.4 Å². The van der Waals surface area contributed by atoms with Crippen LogP contribution in [0.15, 0.2) is 53.4 Å². The fourth-order valence-corrected chi connectivity index (χ4v) is 3.81. The van der Waals surface area contributed by atoms with Gasteiger partial charge in [-0.05, 0) is 42.8 Å². The van der Waals surface area contributed by atoms with Crippen molar-refractivity contribution in [2.24, 2.45) is 0 Å². The molecule has 8 heteroatoms. The molecule has 0 spiro atoms. The van der Waals surface area contributed by atoms with E-state index in [0.29, 0.717) is 16.9 Å². The maximum atomic E-state index is 12.4. The van der Waals surface area contributed by atoms with Crippen LogP contribution in [-0.2, 0) is 20.0 Å². The van der Waals surface area contributed by atoms with Crippen LogP contribution in [0.3, 0.4) is 0 Å². The van der Waals surface area contributed by atoms with E-state index < -0.39 is 20.0 Å². The fraction of sp³-hybridized carbons (Fsp3) is 0.200. The Labute approximate surface area is 136 Å². The zero-order valence-electron chi connectivity index (χ0n) is 13.0. The highest BCUT2D eigenvalue weighted by Crippen LogP contribution is 2.22. The van der Waals surface area contributed by atoms with Crippen LogP contribution in [0, 0.1) is 6.92 Å². The standard InChI is InChI=1S/C15H18N2O4S2/c1-12-6-4-5-7-15(12)23(20,21)16-13-8-10-14(11-9-13)17(2)22(3,18)19/h4-11,16H,1-3H3. The number of sulfonamides is 2. The van der Waals surface area contributed by atoms with Crippen molar-refractivity contribution in [1.82, 2.24) is 0 Å². The minimum atomic E-state index is -3.69. The van der Waals surface area contributed by atoms with Crippen molar-refractivity contribution in [3.05, 3.63) is 54.1 Å². The summed E-state index contributed by atoms with van der Waals surface area (Å²) in [5.74, 6) is 0. The normalized spacial score (nSPS) is 12.0. The van der Waals surface area contributed by atoms with Crippen molar-refractivity contribution in [2.75, 3.05) is 22.3 Å². The highest BCUT2D eigenvalue weighted by Gasteiger charge is 2.17. The summed E-state index contributed by atoms with van der Waals surface area (Å²) in [5, 5.41) is 0. The molecule has 6 nitrogen and oxygen atoms in total. The number of nitrogens with zero attached hydrogens (tertiary/aromatic N) is 1. The quantitative estimate of drug-likeness (QED) is 0.892. The van der Waals surface area contributed by atoms with Gasteiger partial charge in [0.1, 0.15) is 0 Å². The van der Waals surface area contributed by atoms with Crippen LogP contribution < -0.4 is 9.03 Å². The van der Waals surface area contributed by atoms with Gasteiger partial charge in [0, 0.05) is 12.7 Å². The molecule has 0 aromatic heterocycles. The van der Waals surface area contributed by atoms with Crippen LogP contribution in [0.1, 0.15) is 5.56 Å². The number of anilines is 2. The monoisotopic (exact) mass is 354 g/mol. The van der Waals surface area contributed by atoms with Gasteiger partial charge in [-0.25, -0.2) is 16.8 Å². The van der Waals surface area contributed by atoms with Crippen molar-refractivity contribution < 1.29 is 16.8 Å². The van der Waals surface area contributed by atoms with Crippen molar-refractivity contribution in [3.8, 4) is 0 Å². The van der Waals surface area contributed by atoms with Gasteiger partial charge in [0.15, 0.2) is 0 Å². The van der Waals surface area contributed by atoms with E-state index in [2.05, 4.69) is 4.72 Å². The first-order valence-corrected chi connectivity index (χ1v) is 10.1. The summed E-state index contributed by atoms with van der Waals surface area (Å²) in [6.45, 7) is 1.72. The minimum absolute atomic E-state index is 0.206. The third-order valence-electron chi connectivity index (χ3n) is 3.36. The Bertz CT molecular complexity index is 905. The van der Waals surface area contributed by atoms with Gasteiger partial charge in [0.25, 0.3) is 10.0 Å². The highest BCUT2D eigenvalue weighted by atomic mass is 32.2. The van der Waals surface area contributed by atoms with E-state index >= 15 is 0 Å². The first kappa shape index (κ1) is 17.3. The molecule has 2 rings (SSSR count). The Kier molecular flexibility index (Phi) is 4.67. The molecule has 0 aliphatic carbocycles. The van der Waals surface area contributed by atoms with E-state index in [4.69, 9.17) is 0 Å². The molecule has 0 radical (unpaired) electrons. The van der Waals surface area contributed by atoms with Crippen molar-refractivity contribution in [3.63, 3.8) is 0 Å². The maximum Gasteiger partial charge on any atom is 0.262 e. The fourth-order valence-electron chi connectivity index (χ4n) is 2.00. The van der Waals surface area contributed by atoms with Crippen LogP contribution in [-0.4, -0.2) is 30.1 Å². The summed E-state index contributed by atoms with van der Waals surface area (Å²) in [6, 6.07) is 12.8. The van der Waals surface area contributed by atoms with E-state index in [-0.39, 0.29) is 4.90 Å². The van der Waals surface area contributed by atoms with Gasteiger partial charge in [-0.3, -0.25) is 9.03 Å². The second-order valence-electron chi connectivity index (χ2n) is 5.15. The molecule has 124 valence electrons. The molecule has 0 saturated carbocycles. The smallest absolute Gasteiger partial charge is 0.262 e. The number of aryl methyl sites for hydroxylation is 1. The van der Waals surface area contributed by atoms with Gasteiger partial charge in [0.05, 0.1) is 16.8 Å². The van der Waals surface area contributed by atoms with E-state index in [9.17, 15) is 16.8 Å². The molecule has 0 bridgehead atoms. The van der Waals surface area contributed by atoms with E-state index in [0.717, 1.165) is 10.6 Å². The van der Waals surface area contributed by atoms with E-state index in [1.165, 1.54) is 37.4 Å². The van der Waals surface area contributed by atoms with E-state index in [1.54, 1.807) is 25.1 Å². The molecule has 2 aromatic rings. The topological polar surface area (TPSA) is 83.6 Å². The van der Waals surface area contributed by atoms with Gasteiger partial charge in [-0.1, -0.05) is 18.2 Å². The molecule has 23 heavy (non-hydrogen) atoms. The molecule has 0 heterocycles. The zero-order valence-corrected chi connectivity index (χ0v) is 14.6. The first-order chi connectivity index (χ1) is 10.6. The SMILES string of the molecule is Cc1ccccc1S(=O)(=O)Nc1ccc(N(C)S(C)(=O)=O)cc1. The number of rotatable bonds is 5. The molecular weight excluding hydrogens is 336 g/mol. The van der Waals surface area contributed by atoms with Gasteiger partial charge >= 0.3 is 0 Å². The molecule has 0 atom stereocenters. The average Bonchev–Trinajstić information content (AvgIpc) is 2.46. The zero-order chi connectivity index (χ0) is 17.3. The third kappa shape index (κ3) is 4.02. The molecule has 0 aliphatic heterocycles. The Hall–Kier alpha value is -2.06. The lowest BCUT2D eigenvalue weighted by Gasteiger charge is -2.17. The molecule has 0 amide bonds. The summed E-state index contributed by atoms with van der Waals surface area (Å²) >= 11 is 0. The number of hydrogen-bond donors (Lipinski definition) is 1. The van der Waals surface area contributed by atoms with Crippen LogP contribution >= 0.6 is 0 Å².